The Bertz CT molecular complexity index is 677. The first-order valence-electron chi connectivity index (χ1n) is 7.84. The molecule has 0 fully saturated rings. The molecule has 0 bridgehead atoms. The van der Waals surface area contributed by atoms with Gasteiger partial charge in [0.1, 0.15) is 12.3 Å². The number of methoxy groups -OCH3 is 1. The van der Waals surface area contributed by atoms with E-state index in [0.717, 1.165) is 0 Å². The standard InChI is InChI=1S/C17H22N2O6/c1-11-16(23)19(12-6-4-5-7-13(12)25-11)9-14(20)18-17(2,10-24-3)8-15(21)22/h4-7,11H,8-10H2,1-3H3,(H,18,20)(H,21,22). The maximum atomic E-state index is 12.5. The zero-order valence-corrected chi connectivity index (χ0v) is 14.4. The molecule has 1 aliphatic rings. The van der Waals surface area contributed by atoms with Gasteiger partial charge in [0.15, 0.2) is 6.10 Å². The molecule has 1 aromatic carbocycles. The number of carboxylic acid groups (broad SMARTS) is 1. The second-order valence-corrected chi connectivity index (χ2v) is 6.26. The summed E-state index contributed by atoms with van der Waals surface area (Å²) >= 11 is 0. The summed E-state index contributed by atoms with van der Waals surface area (Å²) in [6, 6.07) is 6.94. The number of rotatable bonds is 7. The maximum absolute atomic E-state index is 12.5. The van der Waals surface area contributed by atoms with Gasteiger partial charge in [0.25, 0.3) is 5.91 Å². The van der Waals surface area contributed by atoms with Gasteiger partial charge in [0.2, 0.25) is 5.91 Å². The van der Waals surface area contributed by atoms with Crippen LogP contribution in [-0.4, -0.2) is 54.8 Å². The van der Waals surface area contributed by atoms with Gasteiger partial charge >= 0.3 is 5.97 Å². The van der Waals surface area contributed by atoms with E-state index in [1.807, 2.05) is 0 Å². The predicted molar refractivity (Wildman–Crippen MR) is 89.6 cm³/mol. The van der Waals surface area contributed by atoms with Crippen molar-refractivity contribution < 1.29 is 29.0 Å². The Kier molecular flexibility index (Phi) is 5.63. The highest BCUT2D eigenvalue weighted by molar-refractivity contribution is 6.03. The third kappa shape index (κ3) is 4.48. The van der Waals surface area contributed by atoms with Gasteiger partial charge in [-0.3, -0.25) is 19.3 Å². The van der Waals surface area contributed by atoms with Crippen LogP contribution in [0, 0.1) is 0 Å². The predicted octanol–water partition coefficient (Wildman–Crippen LogP) is 0.797. The Morgan fingerprint density at radius 3 is 2.72 bits per heavy atom. The molecule has 0 aromatic heterocycles. The topological polar surface area (TPSA) is 105 Å². The molecule has 0 aliphatic carbocycles. The van der Waals surface area contributed by atoms with Crippen LogP contribution in [0.2, 0.25) is 0 Å². The molecule has 2 N–H and O–H groups in total. The Morgan fingerprint density at radius 2 is 2.08 bits per heavy atom. The summed E-state index contributed by atoms with van der Waals surface area (Å²) in [6.07, 6.45) is -0.997. The Morgan fingerprint density at radius 1 is 1.40 bits per heavy atom. The molecular formula is C17H22N2O6. The smallest absolute Gasteiger partial charge is 0.305 e. The molecule has 8 heteroatoms. The highest BCUT2D eigenvalue weighted by Crippen LogP contribution is 2.33. The van der Waals surface area contributed by atoms with Crippen LogP contribution in [0.15, 0.2) is 24.3 Å². The Labute approximate surface area is 145 Å². The van der Waals surface area contributed by atoms with E-state index in [1.54, 1.807) is 38.1 Å². The Hall–Kier alpha value is -2.61. The molecule has 136 valence electrons. The molecule has 2 atom stereocenters. The van der Waals surface area contributed by atoms with E-state index in [2.05, 4.69) is 5.32 Å². The van der Waals surface area contributed by atoms with Crippen molar-refractivity contribution in [3.8, 4) is 5.75 Å². The molecule has 2 amide bonds. The van der Waals surface area contributed by atoms with E-state index in [0.29, 0.717) is 11.4 Å². The largest absolute Gasteiger partial charge is 0.481 e. The second-order valence-electron chi connectivity index (χ2n) is 6.26. The fourth-order valence-electron chi connectivity index (χ4n) is 2.83. The first-order valence-corrected chi connectivity index (χ1v) is 7.84. The summed E-state index contributed by atoms with van der Waals surface area (Å²) < 4.78 is 10.5. The van der Waals surface area contributed by atoms with Crippen LogP contribution in [0.25, 0.3) is 0 Å². The van der Waals surface area contributed by atoms with E-state index in [9.17, 15) is 14.4 Å². The number of para-hydroxylation sites is 2. The van der Waals surface area contributed by atoms with Gasteiger partial charge in [-0.1, -0.05) is 12.1 Å². The summed E-state index contributed by atoms with van der Waals surface area (Å²) in [7, 11) is 1.43. The molecule has 8 nitrogen and oxygen atoms in total. The number of ether oxygens (including phenoxy) is 2. The van der Waals surface area contributed by atoms with Gasteiger partial charge < -0.3 is 19.9 Å². The molecule has 25 heavy (non-hydrogen) atoms. The summed E-state index contributed by atoms with van der Waals surface area (Å²) in [5, 5.41) is 11.7. The van der Waals surface area contributed by atoms with Crippen LogP contribution in [0.3, 0.4) is 0 Å². The van der Waals surface area contributed by atoms with E-state index >= 15 is 0 Å². The van der Waals surface area contributed by atoms with E-state index in [4.69, 9.17) is 14.6 Å². The summed E-state index contributed by atoms with van der Waals surface area (Å²) in [4.78, 5) is 37.2. The van der Waals surface area contributed by atoms with Crippen LogP contribution < -0.4 is 15.0 Å². The summed E-state index contributed by atoms with van der Waals surface area (Å²) in [5.74, 6) is -1.34. The molecule has 0 saturated heterocycles. The van der Waals surface area contributed by atoms with Gasteiger partial charge in [-0.05, 0) is 26.0 Å². The zero-order chi connectivity index (χ0) is 18.6. The van der Waals surface area contributed by atoms with Crippen LogP contribution in [0.5, 0.6) is 5.75 Å². The molecule has 1 aromatic rings. The number of nitrogens with one attached hydrogen (secondary N) is 1. The first-order chi connectivity index (χ1) is 11.8. The summed E-state index contributed by atoms with van der Waals surface area (Å²) in [6.45, 7) is 3.00. The first kappa shape index (κ1) is 18.7. The molecule has 0 radical (unpaired) electrons. The van der Waals surface area contributed by atoms with Crippen LogP contribution >= 0.6 is 0 Å². The fraction of sp³-hybridized carbons (Fsp3) is 0.471. The highest BCUT2D eigenvalue weighted by atomic mass is 16.5. The van der Waals surface area contributed by atoms with Crippen LogP contribution in [0.1, 0.15) is 20.3 Å². The molecule has 0 spiro atoms. The third-order valence-corrected chi connectivity index (χ3v) is 3.82. The van der Waals surface area contributed by atoms with Crippen molar-refractivity contribution in [2.75, 3.05) is 25.2 Å². The lowest BCUT2D eigenvalue weighted by Gasteiger charge is -2.34. The molecule has 2 unspecified atom stereocenters. The number of hydrogen-bond donors (Lipinski definition) is 2. The molecule has 1 aliphatic heterocycles. The SMILES string of the molecule is COCC(C)(CC(=O)O)NC(=O)CN1C(=O)C(C)Oc2ccccc21. The number of fused-ring (bicyclic) bond motifs is 1. The maximum Gasteiger partial charge on any atom is 0.305 e. The van der Waals surface area contributed by atoms with Crippen molar-refractivity contribution in [3.05, 3.63) is 24.3 Å². The second kappa shape index (κ2) is 7.52. The number of aliphatic carboxylic acids is 1. The van der Waals surface area contributed by atoms with Crippen molar-refractivity contribution in [1.29, 1.82) is 0 Å². The number of benzene rings is 1. The molecule has 2 rings (SSSR count). The van der Waals surface area contributed by atoms with Gasteiger partial charge in [0, 0.05) is 7.11 Å². The van der Waals surface area contributed by atoms with Crippen molar-refractivity contribution in [2.24, 2.45) is 0 Å². The number of hydrogen-bond acceptors (Lipinski definition) is 5. The quantitative estimate of drug-likeness (QED) is 0.753. The van der Waals surface area contributed by atoms with E-state index < -0.39 is 23.5 Å². The number of amides is 2. The molecule has 0 saturated carbocycles. The van der Waals surface area contributed by atoms with Crippen molar-refractivity contribution >= 4 is 23.5 Å². The Balaban J connectivity index is 2.16. The normalized spacial score (nSPS) is 18.8. The van der Waals surface area contributed by atoms with Gasteiger partial charge in [0.05, 0.1) is 24.3 Å². The number of carboxylic acids is 1. The average Bonchev–Trinajstić information content (AvgIpc) is 2.50. The van der Waals surface area contributed by atoms with Gasteiger partial charge in [-0.2, -0.15) is 0 Å². The minimum atomic E-state index is -1.07. The average molecular weight is 350 g/mol. The van der Waals surface area contributed by atoms with Crippen LogP contribution in [0.4, 0.5) is 5.69 Å². The van der Waals surface area contributed by atoms with Crippen molar-refractivity contribution in [1.82, 2.24) is 5.32 Å². The van der Waals surface area contributed by atoms with Gasteiger partial charge in [-0.15, -0.1) is 0 Å². The molecular weight excluding hydrogens is 328 g/mol. The third-order valence-electron chi connectivity index (χ3n) is 3.82. The number of nitrogens with zero attached hydrogens (tertiary/aromatic N) is 1. The number of anilines is 1. The lowest BCUT2D eigenvalue weighted by atomic mass is 9.99. The van der Waals surface area contributed by atoms with E-state index in [-0.39, 0.29) is 25.5 Å². The van der Waals surface area contributed by atoms with Crippen molar-refractivity contribution in [2.45, 2.75) is 31.9 Å². The number of carbonyl (C=O) groups excluding carboxylic acids is 2. The van der Waals surface area contributed by atoms with Crippen LogP contribution in [-0.2, 0) is 19.1 Å². The highest BCUT2D eigenvalue weighted by Gasteiger charge is 2.35. The van der Waals surface area contributed by atoms with Gasteiger partial charge in [-0.25, -0.2) is 0 Å². The van der Waals surface area contributed by atoms with Crippen molar-refractivity contribution in [3.63, 3.8) is 0 Å². The molecule has 1 heterocycles. The summed E-state index contributed by atoms with van der Waals surface area (Å²) in [5.41, 5.74) is -0.564. The zero-order valence-electron chi connectivity index (χ0n) is 14.4. The lowest BCUT2D eigenvalue weighted by molar-refractivity contribution is -0.140. The minimum Gasteiger partial charge on any atom is -0.481 e. The monoisotopic (exact) mass is 350 g/mol. The number of carbonyl (C=O) groups is 3. The fourth-order valence-corrected chi connectivity index (χ4v) is 2.83. The van der Waals surface area contributed by atoms with E-state index in [1.165, 1.54) is 12.0 Å². The lowest BCUT2D eigenvalue weighted by Crippen LogP contribution is -2.55. The minimum absolute atomic E-state index is 0.0368.